The van der Waals surface area contributed by atoms with Crippen LogP contribution in [0.1, 0.15) is 18.4 Å². The van der Waals surface area contributed by atoms with Gasteiger partial charge in [0.15, 0.2) is 0 Å². The van der Waals surface area contributed by atoms with E-state index in [0.717, 1.165) is 5.56 Å². The first-order chi connectivity index (χ1) is 8.65. The van der Waals surface area contributed by atoms with Crippen molar-refractivity contribution in [2.45, 2.75) is 12.8 Å². The van der Waals surface area contributed by atoms with E-state index in [1.54, 1.807) is 6.92 Å². The van der Waals surface area contributed by atoms with E-state index in [-0.39, 0.29) is 0 Å². The van der Waals surface area contributed by atoms with Gasteiger partial charge < -0.3 is 4.74 Å². The molecular weight excluding hydrogens is 228 g/mol. The number of carbonyl (C=O) groups is 1. The van der Waals surface area contributed by atoms with Crippen LogP contribution in [0.3, 0.4) is 0 Å². The molecule has 0 aliphatic carbocycles. The Morgan fingerprint density at radius 1 is 1.22 bits per heavy atom. The molecule has 4 nitrogen and oxygen atoms in total. The fourth-order valence-corrected chi connectivity index (χ4v) is 1.97. The Morgan fingerprint density at radius 3 is 2.22 bits per heavy atom. The quantitative estimate of drug-likeness (QED) is 0.759. The predicted octanol–water partition coefficient (Wildman–Crippen LogP) is 2.24. The smallest absolute Gasteiger partial charge is 0.309 e. The molecule has 0 aromatic heterocycles. The van der Waals surface area contributed by atoms with E-state index in [2.05, 4.69) is 0 Å². The van der Waals surface area contributed by atoms with Crippen LogP contribution in [0.15, 0.2) is 30.3 Å². The minimum atomic E-state index is -0.874. The van der Waals surface area contributed by atoms with Crippen LogP contribution in [0.2, 0.25) is 0 Å². The summed E-state index contributed by atoms with van der Waals surface area (Å²) in [6.07, 6.45) is 0. The van der Waals surface area contributed by atoms with Crippen molar-refractivity contribution in [3.05, 3.63) is 35.9 Å². The normalized spacial score (nSPS) is 13.2. The summed E-state index contributed by atoms with van der Waals surface area (Å²) in [7, 11) is 1.30. The van der Waals surface area contributed by atoms with Gasteiger partial charge in [-0.1, -0.05) is 37.3 Å². The molecule has 1 rings (SSSR count). The number of hydrogen-bond donors (Lipinski definition) is 0. The number of nitrogens with zero attached hydrogens (tertiary/aromatic N) is 2. The molecule has 4 heteroatoms. The van der Waals surface area contributed by atoms with Crippen molar-refractivity contribution < 1.29 is 9.53 Å². The van der Waals surface area contributed by atoms with Gasteiger partial charge in [0.2, 0.25) is 0 Å². The lowest BCUT2D eigenvalue weighted by molar-refractivity contribution is -0.145. The van der Waals surface area contributed by atoms with Crippen LogP contribution in [0.4, 0.5) is 0 Å². The van der Waals surface area contributed by atoms with Gasteiger partial charge in [-0.25, -0.2) is 0 Å². The third kappa shape index (κ3) is 2.87. The van der Waals surface area contributed by atoms with E-state index in [9.17, 15) is 4.79 Å². The van der Waals surface area contributed by atoms with Crippen LogP contribution in [0, 0.1) is 34.5 Å². The molecule has 0 saturated heterocycles. The maximum atomic E-state index is 11.6. The summed E-state index contributed by atoms with van der Waals surface area (Å²) in [5.74, 6) is -2.31. The molecule has 1 aromatic carbocycles. The Hall–Kier alpha value is -2.33. The van der Waals surface area contributed by atoms with Crippen LogP contribution in [0.5, 0.6) is 0 Å². The van der Waals surface area contributed by atoms with Crippen LogP contribution in [0.25, 0.3) is 0 Å². The monoisotopic (exact) mass is 242 g/mol. The lowest BCUT2D eigenvalue weighted by atomic mass is 9.79. The fourth-order valence-electron chi connectivity index (χ4n) is 1.97. The summed E-state index contributed by atoms with van der Waals surface area (Å²) in [5, 5.41) is 18.1. The third-order valence-corrected chi connectivity index (χ3v) is 2.93. The summed E-state index contributed by atoms with van der Waals surface area (Å²) >= 11 is 0. The highest BCUT2D eigenvalue weighted by Crippen LogP contribution is 2.32. The van der Waals surface area contributed by atoms with Crippen LogP contribution in [-0.4, -0.2) is 13.1 Å². The Balaban J connectivity index is 3.16. The van der Waals surface area contributed by atoms with E-state index in [1.807, 2.05) is 42.5 Å². The van der Waals surface area contributed by atoms with Gasteiger partial charge in [-0.2, -0.15) is 10.5 Å². The second-order valence-corrected chi connectivity index (χ2v) is 3.98. The van der Waals surface area contributed by atoms with E-state index in [0.29, 0.717) is 0 Å². The number of esters is 1. The van der Waals surface area contributed by atoms with Crippen molar-refractivity contribution >= 4 is 5.97 Å². The number of rotatable bonds is 4. The van der Waals surface area contributed by atoms with Crippen LogP contribution >= 0.6 is 0 Å². The van der Waals surface area contributed by atoms with Gasteiger partial charge in [0.05, 0.1) is 25.2 Å². The first-order valence-corrected chi connectivity index (χ1v) is 5.57. The summed E-state index contributed by atoms with van der Waals surface area (Å²) < 4.78 is 4.70. The van der Waals surface area contributed by atoms with Crippen molar-refractivity contribution in [2.75, 3.05) is 7.11 Å². The maximum absolute atomic E-state index is 11.6. The minimum Gasteiger partial charge on any atom is -0.469 e. The third-order valence-electron chi connectivity index (χ3n) is 2.93. The molecule has 0 aliphatic rings. The first kappa shape index (κ1) is 13.7. The van der Waals surface area contributed by atoms with Crippen molar-refractivity contribution in [3.63, 3.8) is 0 Å². The molecule has 0 unspecified atom stereocenters. The average Bonchev–Trinajstić information content (AvgIpc) is 2.43. The van der Waals surface area contributed by atoms with Crippen molar-refractivity contribution in [1.82, 2.24) is 0 Å². The SMILES string of the molecule is COC(=O)[C@@H](C)[C@@H](c1ccccc1)C(C#N)C#N. The van der Waals surface area contributed by atoms with Crippen molar-refractivity contribution in [3.8, 4) is 12.1 Å². The number of hydrogen-bond acceptors (Lipinski definition) is 4. The zero-order valence-corrected chi connectivity index (χ0v) is 10.3. The van der Waals surface area contributed by atoms with Crippen molar-refractivity contribution in [2.24, 2.45) is 11.8 Å². The standard InChI is InChI=1S/C14H14N2O2/c1-10(14(17)18-2)13(12(8-15)9-16)11-6-4-3-5-7-11/h3-7,10,12-13H,1-2H3/t10-,13-/m0/s1. The first-order valence-electron chi connectivity index (χ1n) is 5.57. The Kier molecular flexibility index (Phi) is 4.90. The molecule has 18 heavy (non-hydrogen) atoms. The van der Waals surface area contributed by atoms with Gasteiger partial charge >= 0.3 is 5.97 Å². The molecule has 0 aliphatic heterocycles. The highest BCUT2D eigenvalue weighted by Gasteiger charge is 2.33. The summed E-state index contributed by atoms with van der Waals surface area (Å²) in [4.78, 5) is 11.6. The molecule has 0 bridgehead atoms. The molecule has 1 aromatic rings. The van der Waals surface area contributed by atoms with Gasteiger partial charge in [-0.15, -0.1) is 0 Å². The van der Waals surface area contributed by atoms with Gasteiger partial charge in [-0.05, 0) is 5.56 Å². The van der Waals surface area contributed by atoms with E-state index >= 15 is 0 Å². The van der Waals surface area contributed by atoms with E-state index in [4.69, 9.17) is 15.3 Å². The van der Waals surface area contributed by atoms with Gasteiger partial charge in [0, 0.05) is 5.92 Å². The highest BCUT2D eigenvalue weighted by atomic mass is 16.5. The number of methoxy groups -OCH3 is 1. The number of nitriles is 2. The summed E-state index contributed by atoms with van der Waals surface area (Å²) in [6.45, 7) is 1.67. The topological polar surface area (TPSA) is 73.9 Å². The Morgan fingerprint density at radius 2 is 1.78 bits per heavy atom. The molecule has 2 atom stereocenters. The maximum Gasteiger partial charge on any atom is 0.309 e. The van der Waals surface area contributed by atoms with E-state index < -0.39 is 23.7 Å². The second-order valence-electron chi connectivity index (χ2n) is 3.98. The predicted molar refractivity (Wildman–Crippen MR) is 65.1 cm³/mol. The number of ether oxygens (including phenoxy) is 1. The molecule has 0 spiro atoms. The zero-order chi connectivity index (χ0) is 13.5. The Labute approximate surface area is 106 Å². The Bertz CT molecular complexity index is 471. The minimum absolute atomic E-state index is 0.417. The van der Waals surface area contributed by atoms with Gasteiger partial charge in [0.25, 0.3) is 0 Å². The molecule has 0 fully saturated rings. The van der Waals surface area contributed by atoms with Gasteiger partial charge in [0.1, 0.15) is 5.92 Å². The largest absolute Gasteiger partial charge is 0.469 e. The molecule has 92 valence electrons. The van der Waals surface area contributed by atoms with Crippen LogP contribution in [-0.2, 0) is 9.53 Å². The molecule has 0 radical (unpaired) electrons. The van der Waals surface area contributed by atoms with Crippen LogP contribution < -0.4 is 0 Å². The molecule has 0 N–H and O–H groups in total. The highest BCUT2D eigenvalue weighted by molar-refractivity contribution is 5.73. The molecular formula is C14H14N2O2. The fraction of sp³-hybridized carbons (Fsp3) is 0.357. The molecule has 0 amide bonds. The number of benzene rings is 1. The molecule has 0 heterocycles. The molecule has 0 saturated carbocycles. The van der Waals surface area contributed by atoms with E-state index in [1.165, 1.54) is 7.11 Å². The lowest BCUT2D eigenvalue weighted by Gasteiger charge is -2.23. The van der Waals surface area contributed by atoms with Crippen molar-refractivity contribution in [1.29, 1.82) is 10.5 Å². The zero-order valence-electron chi connectivity index (χ0n) is 10.3. The van der Waals surface area contributed by atoms with Gasteiger partial charge in [-0.3, -0.25) is 4.79 Å². The summed E-state index contributed by atoms with van der Waals surface area (Å²) in [6, 6.07) is 13.0. The summed E-state index contributed by atoms with van der Waals surface area (Å²) in [5.41, 5.74) is 0.795. The second kappa shape index (κ2) is 6.42. The number of carbonyl (C=O) groups excluding carboxylic acids is 1. The lowest BCUT2D eigenvalue weighted by Crippen LogP contribution is -2.25. The average molecular weight is 242 g/mol.